The van der Waals surface area contributed by atoms with Gasteiger partial charge in [-0.05, 0) is 51.5 Å². The summed E-state index contributed by atoms with van der Waals surface area (Å²) >= 11 is 11.9. The van der Waals surface area contributed by atoms with Crippen molar-refractivity contribution in [2.24, 2.45) is 0 Å². The van der Waals surface area contributed by atoms with E-state index < -0.39 is 5.97 Å². The van der Waals surface area contributed by atoms with E-state index in [0.29, 0.717) is 34.0 Å². The lowest BCUT2D eigenvalue weighted by molar-refractivity contribution is 0.0519. The molecule has 0 aliphatic heterocycles. The van der Waals surface area contributed by atoms with Gasteiger partial charge in [-0.25, -0.2) is 4.79 Å². The molecule has 28 heavy (non-hydrogen) atoms. The van der Waals surface area contributed by atoms with Crippen LogP contribution in [0.4, 0.5) is 0 Å². The number of aromatic nitrogens is 1. The number of aryl methyl sites for hydroxylation is 1. The third-order valence-corrected chi connectivity index (χ3v) is 5.10. The summed E-state index contributed by atoms with van der Waals surface area (Å²) in [6.45, 7) is 7.32. The van der Waals surface area contributed by atoms with Crippen LogP contribution in [-0.2, 0) is 4.74 Å². The molecule has 0 spiro atoms. The van der Waals surface area contributed by atoms with Crippen molar-refractivity contribution in [1.82, 2.24) is 9.88 Å². The van der Waals surface area contributed by atoms with Crippen molar-refractivity contribution < 1.29 is 19.1 Å². The average molecular weight is 425 g/mol. The lowest BCUT2D eigenvalue weighted by atomic mass is 10.0. The van der Waals surface area contributed by atoms with Gasteiger partial charge in [-0.1, -0.05) is 23.2 Å². The van der Waals surface area contributed by atoms with E-state index in [0.717, 1.165) is 0 Å². The third kappa shape index (κ3) is 4.56. The standard InChI is InChI=1S/C20H22Cl2N2O4/c1-5-24(19(26)13-7-8-14(21)15(22)9-13)10-16(25)17-11(3)18(23-12(17)4)20(27)28-6-2/h7-9,23H,5-6,10H2,1-4H3. The van der Waals surface area contributed by atoms with Gasteiger partial charge in [0.2, 0.25) is 0 Å². The molecule has 8 heteroatoms. The number of Topliss-reactive ketones (excluding diaryl/α,β-unsaturated/α-hetero) is 1. The quantitative estimate of drug-likeness (QED) is 0.525. The molecule has 0 radical (unpaired) electrons. The summed E-state index contributed by atoms with van der Waals surface area (Å²) in [6, 6.07) is 4.58. The molecular formula is C20H22Cl2N2O4. The highest BCUT2D eigenvalue weighted by molar-refractivity contribution is 6.42. The highest BCUT2D eigenvalue weighted by atomic mass is 35.5. The average Bonchev–Trinajstić information content (AvgIpc) is 2.96. The molecule has 2 rings (SSSR count). The number of amides is 1. The smallest absolute Gasteiger partial charge is 0.355 e. The molecule has 0 aliphatic rings. The number of esters is 1. The van der Waals surface area contributed by atoms with Crippen LogP contribution in [0.1, 0.15) is 56.3 Å². The van der Waals surface area contributed by atoms with E-state index in [1.165, 1.54) is 11.0 Å². The fraction of sp³-hybridized carbons (Fsp3) is 0.350. The number of carbonyl (C=O) groups excluding carboxylic acids is 3. The summed E-state index contributed by atoms with van der Waals surface area (Å²) in [6.07, 6.45) is 0. The van der Waals surface area contributed by atoms with Gasteiger partial charge >= 0.3 is 5.97 Å². The van der Waals surface area contributed by atoms with Gasteiger partial charge in [-0.3, -0.25) is 9.59 Å². The van der Waals surface area contributed by atoms with E-state index in [1.54, 1.807) is 39.8 Å². The zero-order chi connectivity index (χ0) is 21.0. The number of hydrogen-bond acceptors (Lipinski definition) is 4. The summed E-state index contributed by atoms with van der Waals surface area (Å²) in [7, 11) is 0. The van der Waals surface area contributed by atoms with E-state index in [9.17, 15) is 14.4 Å². The third-order valence-electron chi connectivity index (χ3n) is 4.37. The molecule has 0 saturated carbocycles. The Kier molecular flexibility index (Phi) is 7.27. The zero-order valence-electron chi connectivity index (χ0n) is 16.2. The molecule has 1 aromatic carbocycles. The Labute approximate surface area is 173 Å². The second-order valence-corrected chi connectivity index (χ2v) is 7.03. The van der Waals surface area contributed by atoms with Gasteiger partial charge in [0.1, 0.15) is 5.69 Å². The molecule has 1 N–H and O–H groups in total. The van der Waals surface area contributed by atoms with E-state index in [4.69, 9.17) is 27.9 Å². The second-order valence-electron chi connectivity index (χ2n) is 6.22. The fourth-order valence-corrected chi connectivity index (χ4v) is 3.27. The number of halogens is 2. The number of hydrogen-bond donors (Lipinski definition) is 1. The minimum Gasteiger partial charge on any atom is -0.461 e. The minimum absolute atomic E-state index is 0.128. The Hall–Kier alpha value is -2.31. The lowest BCUT2D eigenvalue weighted by Gasteiger charge is -2.20. The number of likely N-dealkylation sites (N-methyl/N-ethyl adjacent to an activating group) is 1. The molecule has 1 heterocycles. The predicted octanol–water partition coefficient (Wildman–Crippen LogP) is 4.46. The molecule has 1 aromatic heterocycles. The van der Waals surface area contributed by atoms with Crippen LogP contribution in [0.3, 0.4) is 0 Å². The fourth-order valence-electron chi connectivity index (χ4n) is 2.97. The molecule has 0 fully saturated rings. The highest BCUT2D eigenvalue weighted by Crippen LogP contribution is 2.24. The Morgan fingerprint density at radius 2 is 1.79 bits per heavy atom. The number of carbonyl (C=O) groups is 3. The first-order valence-corrected chi connectivity index (χ1v) is 9.60. The molecule has 0 atom stereocenters. The zero-order valence-corrected chi connectivity index (χ0v) is 17.7. The van der Waals surface area contributed by atoms with E-state index in [2.05, 4.69) is 4.98 Å². The highest BCUT2D eigenvalue weighted by Gasteiger charge is 2.25. The van der Waals surface area contributed by atoms with Gasteiger partial charge in [0.25, 0.3) is 5.91 Å². The van der Waals surface area contributed by atoms with Gasteiger partial charge in [0.15, 0.2) is 5.78 Å². The largest absolute Gasteiger partial charge is 0.461 e. The van der Waals surface area contributed by atoms with E-state index in [1.807, 2.05) is 0 Å². The SMILES string of the molecule is CCOC(=O)c1[nH]c(C)c(C(=O)CN(CC)C(=O)c2ccc(Cl)c(Cl)c2)c1C. The van der Waals surface area contributed by atoms with E-state index in [-0.39, 0.29) is 35.6 Å². The molecule has 0 unspecified atom stereocenters. The Morgan fingerprint density at radius 3 is 2.36 bits per heavy atom. The van der Waals surface area contributed by atoms with Crippen molar-refractivity contribution in [3.05, 3.63) is 56.3 Å². The van der Waals surface area contributed by atoms with Crippen molar-refractivity contribution >= 4 is 40.9 Å². The number of nitrogens with zero attached hydrogens (tertiary/aromatic N) is 1. The van der Waals surface area contributed by atoms with Crippen LogP contribution in [0.2, 0.25) is 10.0 Å². The maximum atomic E-state index is 12.9. The molecule has 0 saturated heterocycles. The van der Waals surface area contributed by atoms with Crippen LogP contribution in [0.25, 0.3) is 0 Å². The molecule has 0 bridgehead atoms. The van der Waals surface area contributed by atoms with Gasteiger partial charge in [0.05, 0.1) is 23.2 Å². The Morgan fingerprint density at radius 1 is 1.11 bits per heavy atom. The van der Waals surface area contributed by atoms with Gasteiger partial charge < -0.3 is 14.6 Å². The lowest BCUT2D eigenvalue weighted by Crippen LogP contribution is -2.35. The topological polar surface area (TPSA) is 79.5 Å². The Bertz CT molecular complexity index is 921. The van der Waals surface area contributed by atoms with Crippen molar-refractivity contribution in [2.75, 3.05) is 19.7 Å². The molecule has 2 aromatic rings. The van der Waals surface area contributed by atoms with Crippen LogP contribution >= 0.6 is 23.2 Å². The van der Waals surface area contributed by atoms with Crippen LogP contribution in [-0.4, -0.2) is 47.2 Å². The van der Waals surface area contributed by atoms with Crippen LogP contribution in [0.15, 0.2) is 18.2 Å². The number of benzene rings is 1. The van der Waals surface area contributed by atoms with Crippen LogP contribution < -0.4 is 0 Å². The normalized spacial score (nSPS) is 10.6. The van der Waals surface area contributed by atoms with Crippen molar-refractivity contribution in [2.45, 2.75) is 27.7 Å². The number of rotatable bonds is 7. The van der Waals surface area contributed by atoms with Gasteiger partial charge in [0, 0.05) is 23.4 Å². The second kappa shape index (κ2) is 9.26. The summed E-state index contributed by atoms with van der Waals surface area (Å²) in [4.78, 5) is 42.0. The van der Waals surface area contributed by atoms with Gasteiger partial charge in [-0.2, -0.15) is 0 Å². The summed E-state index contributed by atoms with van der Waals surface area (Å²) in [5, 5.41) is 0.619. The first-order valence-electron chi connectivity index (χ1n) is 8.84. The number of nitrogens with one attached hydrogen (secondary N) is 1. The van der Waals surface area contributed by atoms with Crippen molar-refractivity contribution in [3.63, 3.8) is 0 Å². The van der Waals surface area contributed by atoms with Crippen molar-refractivity contribution in [3.8, 4) is 0 Å². The first kappa shape index (κ1) is 22.0. The number of ether oxygens (including phenoxy) is 1. The van der Waals surface area contributed by atoms with E-state index >= 15 is 0 Å². The number of aromatic amines is 1. The Balaban J connectivity index is 2.25. The predicted molar refractivity (Wildman–Crippen MR) is 109 cm³/mol. The van der Waals surface area contributed by atoms with Gasteiger partial charge in [-0.15, -0.1) is 0 Å². The molecule has 0 aliphatic carbocycles. The molecule has 6 nitrogen and oxygen atoms in total. The first-order chi connectivity index (χ1) is 13.2. The number of H-pyrrole nitrogens is 1. The summed E-state index contributed by atoms with van der Waals surface area (Å²) < 4.78 is 5.01. The van der Waals surface area contributed by atoms with Crippen LogP contribution in [0.5, 0.6) is 0 Å². The maximum Gasteiger partial charge on any atom is 0.355 e. The number of ketones is 1. The molecule has 1 amide bonds. The van der Waals surface area contributed by atoms with Crippen molar-refractivity contribution in [1.29, 1.82) is 0 Å². The maximum absolute atomic E-state index is 12.9. The molecule has 150 valence electrons. The summed E-state index contributed by atoms with van der Waals surface area (Å²) in [5.41, 5.74) is 2.06. The monoisotopic (exact) mass is 424 g/mol. The van der Waals surface area contributed by atoms with Crippen LogP contribution in [0, 0.1) is 13.8 Å². The summed E-state index contributed by atoms with van der Waals surface area (Å²) in [5.74, 6) is -1.11. The minimum atomic E-state index is -0.513. The molecular weight excluding hydrogens is 403 g/mol.